The maximum atomic E-state index is 12.3. The van der Waals surface area contributed by atoms with Gasteiger partial charge in [0.1, 0.15) is 16.9 Å². The second-order valence-electron chi connectivity index (χ2n) is 5.83. The monoisotopic (exact) mass is 361 g/mol. The molecule has 6 heteroatoms. The SMILES string of the molecule is O=c1[nH]c(CC2CCNCC2)nc2c1oc1ccc(Br)cc12. The molecule has 22 heavy (non-hydrogen) atoms. The number of rotatable bonds is 2. The zero-order valence-corrected chi connectivity index (χ0v) is 13.6. The molecule has 3 heterocycles. The first kappa shape index (κ1) is 14.0. The van der Waals surface area contributed by atoms with Gasteiger partial charge in [-0.1, -0.05) is 15.9 Å². The maximum absolute atomic E-state index is 12.3. The number of halogens is 1. The molecule has 0 saturated carbocycles. The summed E-state index contributed by atoms with van der Waals surface area (Å²) in [4.78, 5) is 19.8. The fourth-order valence-corrected chi connectivity index (χ4v) is 3.49. The fourth-order valence-electron chi connectivity index (χ4n) is 3.13. The molecule has 3 aromatic rings. The lowest BCUT2D eigenvalue weighted by Gasteiger charge is -2.21. The van der Waals surface area contributed by atoms with Gasteiger partial charge in [-0.05, 0) is 50.0 Å². The van der Waals surface area contributed by atoms with E-state index in [1.807, 2.05) is 18.2 Å². The third kappa shape index (κ3) is 2.46. The van der Waals surface area contributed by atoms with Gasteiger partial charge in [0.2, 0.25) is 5.58 Å². The summed E-state index contributed by atoms with van der Waals surface area (Å²) in [6.45, 7) is 2.08. The van der Waals surface area contributed by atoms with Gasteiger partial charge >= 0.3 is 0 Å². The predicted molar refractivity (Wildman–Crippen MR) is 89.1 cm³/mol. The van der Waals surface area contributed by atoms with Crippen molar-refractivity contribution < 1.29 is 4.42 Å². The number of fused-ring (bicyclic) bond motifs is 3. The molecule has 0 bridgehead atoms. The first-order chi connectivity index (χ1) is 10.7. The van der Waals surface area contributed by atoms with Crippen LogP contribution in [0.15, 0.2) is 31.9 Å². The third-order valence-corrected chi connectivity index (χ3v) is 4.77. The molecule has 1 fully saturated rings. The number of nitrogens with zero attached hydrogens (tertiary/aromatic N) is 1. The second-order valence-corrected chi connectivity index (χ2v) is 6.75. The molecule has 1 aliphatic heterocycles. The molecule has 5 nitrogen and oxygen atoms in total. The summed E-state index contributed by atoms with van der Waals surface area (Å²) in [5, 5.41) is 4.23. The van der Waals surface area contributed by atoms with E-state index in [0.29, 0.717) is 22.6 Å². The van der Waals surface area contributed by atoms with E-state index in [4.69, 9.17) is 4.42 Å². The molecule has 1 aliphatic rings. The van der Waals surface area contributed by atoms with Crippen molar-refractivity contribution in [1.82, 2.24) is 15.3 Å². The number of furan rings is 1. The number of hydrogen-bond donors (Lipinski definition) is 2. The van der Waals surface area contributed by atoms with Crippen molar-refractivity contribution in [3.8, 4) is 0 Å². The van der Waals surface area contributed by atoms with Crippen LogP contribution in [0.2, 0.25) is 0 Å². The minimum atomic E-state index is -0.193. The Kier molecular flexibility index (Phi) is 3.50. The summed E-state index contributed by atoms with van der Waals surface area (Å²) in [5.74, 6) is 1.33. The molecular weight excluding hydrogens is 346 g/mol. The van der Waals surface area contributed by atoms with E-state index in [-0.39, 0.29) is 5.56 Å². The molecule has 1 saturated heterocycles. The third-order valence-electron chi connectivity index (χ3n) is 4.28. The summed E-state index contributed by atoms with van der Waals surface area (Å²) < 4.78 is 6.59. The summed E-state index contributed by atoms with van der Waals surface area (Å²) in [5.41, 5.74) is 1.46. The van der Waals surface area contributed by atoms with E-state index in [1.54, 1.807) is 0 Å². The van der Waals surface area contributed by atoms with Gasteiger partial charge in [-0.15, -0.1) is 0 Å². The average Bonchev–Trinajstić information content (AvgIpc) is 2.87. The van der Waals surface area contributed by atoms with E-state index < -0.39 is 0 Å². The first-order valence-electron chi connectivity index (χ1n) is 7.52. The zero-order chi connectivity index (χ0) is 15.1. The number of aromatic nitrogens is 2. The standard InChI is InChI=1S/C16H16BrN3O2/c17-10-1-2-12-11(8-10)14-15(22-12)16(21)20-13(19-14)7-9-3-5-18-6-4-9/h1-2,8-9,18H,3-7H2,(H,19,20,21). The van der Waals surface area contributed by atoms with Crippen LogP contribution in [-0.4, -0.2) is 23.1 Å². The first-order valence-corrected chi connectivity index (χ1v) is 8.32. The van der Waals surface area contributed by atoms with Gasteiger partial charge in [0.25, 0.3) is 5.56 Å². The molecule has 114 valence electrons. The van der Waals surface area contributed by atoms with E-state index in [2.05, 4.69) is 31.2 Å². The van der Waals surface area contributed by atoms with E-state index in [1.165, 1.54) is 0 Å². The summed E-state index contributed by atoms with van der Waals surface area (Å²) in [7, 11) is 0. The number of hydrogen-bond acceptors (Lipinski definition) is 4. The molecule has 0 amide bonds. The van der Waals surface area contributed by atoms with Gasteiger partial charge in [0.05, 0.1) is 0 Å². The summed E-state index contributed by atoms with van der Waals surface area (Å²) >= 11 is 3.46. The van der Waals surface area contributed by atoms with Crippen LogP contribution >= 0.6 is 15.9 Å². The van der Waals surface area contributed by atoms with Crippen molar-refractivity contribution in [3.05, 3.63) is 38.9 Å². The lowest BCUT2D eigenvalue weighted by molar-refractivity contribution is 0.367. The van der Waals surface area contributed by atoms with E-state index in [9.17, 15) is 4.79 Å². The highest BCUT2D eigenvalue weighted by atomic mass is 79.9. The highest BCUT2D eigenvalue weighted by Gasteiger charge is 2.18. The molecule has 0 atom stereocenters. The van der Waals surface area contributed by atoms with Crippen molar-refractivity contribution in [2.45, 2.75) is 19.3 Å². The lowest BCUT2D eigenvalue weighted by Crippen LogP contribution is -2.29. The molecule has 2 aromatic heterocycles. The number of aromatic amines is 1. The van der Waals surface area contributed by atoms with Gasteiger partial charge in [0, 0.05) is 16.3 Å². The average molecular weight is 362 g/mol. The largest absolute Gasteiger partial charge is 0.449 e. The molecule has 0 unspecified atom stereocenters. The summed E-state index contributed by atoms with van der Waals surface area (Å²) in [6.07, 6.45) is 3.06. The predicted octanol–water partition coefficient (Wildman–Crippen LogP) is 2.97. The molecule has 0 spiro atoms. The number of nitrogens with one attached hydrogen (secondary N) is 2. The van der Waals surface area contributed by atoms with Crippen molar-refractivity contribution in [3.63, 3.8) is 0 Å². The second kappa shape index (κ2) is 5.52. The molecule has 0 aliphatic carbocycles. The van der Waals surface area contributed by atoms with Crippen LogP contribution in [0.25, 0.3) is 22.1 Å². The molecular formula is C16H16BrN3O2. The van der Waals surface area contributed by atoms with Crippen LogP contribution in [0, 0.1) is 5.92 Å². The Labute approximate surface area is 135 Å². The van der Waals surface area contributed by atoms with Crippen molar-refractivity contribution in [2.24, 2.45) is 5.92 Å². The van der Waals surface area contributed by atoms with E-state index in [0.717, 1.165) is 48.0 Å². The van der Waals surface area contributed by atoms with Gasteiger partial charge in [-0.3, -0.25) is 4.79 Å². The Hall–Kier alpha value is -1.66. The van der Waals surface area contributed by atoms with Gasteiger partial charge < -0.3 is 14.7 Å². The van der Waals surface area contributed by atoms with Crippen LogP contribution in [0.3, 0.4) is 0 Å². The van der Waals surface area contributed by atoms with Gasteiger partial charge in [-0.2, -0.15) is 0 Å². The fraction of sp³-hybridized carbons (Fsp3) is 0.375. The van der Waals surface area contributed by atoms with Crippen LogP contribution in [0.4, 0.5) is 0 Å². The molecule has 2 N–H and O–H groups in total. The maximum Gasteiger partial charge on any atom is 0.294 e. The van der Waals surface area contributed by atoms with Crippen molar-refractivity contribution in [1.29, 1.82) is 0 Å². The number of piperidine rings is 1. The van der Waals surface area contributed by atoms with Gasteiger partial charge in [0.15, 0.2) is 0 Å². The van der Waals surface area contributed by atoms with Crippen LogP contribution in [0.5, 0.6) is 0 Å². The van der Waals surface area contributed by atoms with E-state index >= 15 is 0 Å². The van der Waals surface area contributed by atoms with Crippen LogP contribution in [0.1, 0.15) is 18.7 Å². The minimum absolute atomic E-state index is 0.193. The van der Waals surface area contributed by atoms with Crippen LogP contribution in [-0.2, 0) is 6.42 Å². The highest BCUT2D eigenvalue weighted by Crippen LogP contribution is 2.28. The Morgan fingerprint density at radius 2 is 2.14 bits per heavy atom. The Bertz CT molecular complexity index is 893. The normalized spacial score (nSPS) is 16.6. The minimum Gasteiger partial charge on any atom is -0.449 e. The molecule has 4 rings (SSSR count). The smallest absolute Gasteiger partial charge is 0.294 e. The van der Waals surface area contributed by atoms with Crippen LogP contribution < -0.4 is 10.9 Å². The summed E-state index contributed by atoms with van der Waals surface area (Å²) in [6, 6.07) is 5.70. The quantitative estimate of drug-likeness (QED) is 0.735. The van der Waals surface area contributed by atoms with Gasteiger partial charge in [-0.25, -0.2) is 4.98 Å². The topological polar surface area (TPSA) is 70.9 Å². The molecule has 0 radical (unpaired) electrons. The zero-order valence-electron chi connectivity index (χ0n) is 12.0. The number of H-pyrrole nitrogens is 1. The van der Waals surface area contributed by atoms with Crippen molar-refractivity contribution in [2.75, 3.05) is 13.1 Å². The Morgan fingerprint density at radius 3 is 2.95 bits per heavy atom. The molecule has 1 aromatic carbocycles. The Morgan fingerprint density at radius 1 is 1.32 bits per heavy atom. The number of benzene rings is 1. The Balaban J connectivity index is 1.81. The highest BCUT2D eigenvalue weighted by molar-refractivity contribution is 9.10. The lowest BCUT2D eigenvalue weighted by atomic mass is 9.94. The van der Waals surface area contributed by atoms with Crippen molar-refractivity contribution >= 4 is 38.0 Å².